The van der Waals surface area contributed by atoms with E-state index in [-0.39, 0.29) is 18.2 Å². The Balaban J connectivity index is 1.22. The van der Waals surface area contributed by atoms with Gasteiger partial charge in [0.15, 0.2) is 5.60 Å². The van der Waals surface area contributed by atoms with E-state index in [2.05, 4.69) is 31.0 Å². The zero-order valence-electron chi connectivity index (χ0n) is 22.0. The zero-order chi connectivity index (χ0) is 27.7. The molecular weight excluding hydrogens is 532 g/mol. The molecule has 0 aliphatic carbocycles. The number of aryl methyl sites for hydroxylation is 2. The summed E-state index contributed by atoms with van der Waals surface area (Å²) in [6.07, 6.45) is 4.12. The van der Waals surface area contributed by atoms with Crippen LogP contribution in [-0.2, 0) is 28.0 Å². The summed E-state index contributed by atoms with van der Waals surface area (Å²) in [5.41, 5.74) is -0.110. The van der Waals surface area contributed by atoms with Crippen molar-refractivity contribution >= 4 is 44.8 Å². The maximum absolute atomic E-state index is 12.8. The molecule has 2 aromatic heterocycles. The number of nitrogens with zero attached hydrogens (tertiary/aromatic N) is 4. The lowest BCUT2D eigenvalue weighted by molar-refractivity contribution is -0.135. The highest BCUT2D eigenvalue weighted by atomic mass is 32.1. The van der Waals surface area contributed by atoms with Gasteiger partial charge in [-0.25, -0.2) is 0 Å². The summed E-state index contributed by atoms with van der Waals surface area (Å²) in [6.45, 7) is 3.76. The van der Waals surface area contributed by atoms with Crippen molar-refractivity contribution in [3.63, 3.8) is 0 Å². The molecule has 2 atom stereocenters. The summed E-state index contributed by atoms with van der Waals surface area (Å²) in [7, 11) is 0. The van der Waals surface area contributed by atoms with Gasteiger partial charge in [0.1, 0.15) is 10.0 Å². The van der Waals surface area contributed by atoms with Crippen LogP contribution in [0.15, 0.2) is 60.7 Å². The Kier molecular flexibility index (Phi) is 9.85. The van der Waals surface area contributed by atoms with E-state index in [1.807, 2.05) is 43.3 Å². The monoisotopic (exact) mass is 564 g/mol. The fourth-order valence-electron chi connectivity index (χ4n) is 4.22. The van der Waals surface area contributed by atoms with Crippen LogP contribution < -0.4 is 10.6 Å². The average molecular weight is 565 g/mol. The van der Waals surface area contributed by atoms with Crippen molar-refractivity contribution in [2.24, 2.45) is 0 Å². The second-order valence-electron chi connectivity index (χ2n) is 9.10. The molecule has 0 fully saturated rings. The van der Waals surface area contributed by atoms with Gasteiger partial charge in [0.2, 0.25) is 16.2 Å². The van der Waals surface area contributed by atoms with Crippen LogP contribution in [0.1, 0.15) is 66.6 Å². The van der Waals surface area contributed by atoms with E-state index in [0.717, 1.165) is 34.8 Å². The van der Waals surface area contributed by atoms with Crippen LogP contribution in [0, 0.1) is 0 Å². The third-order valence-corrected chi connectivity index (χ3v) is 8.28. The molecule has 2 amide bonds. The molecule has 9 nitrogen and oxygen atoms in total. The quantitative estimate of drug-likeness (QED) is 0.187. The summed E-state index contributed by atoms with van der Waals surface area (Å²) in [4.78, 5) is 25.6. The van der Waals surface area contributed by atoms with Crippen LogP contribution >= 0.6 is 22.7 Å². The van der Waals surface area contributed by atoms with Crippen molar-refractivity contribution in [3.8, 4) is 0 Å². The number of unbranched alkanes of at least 4 members (excludes halogenated alkanes) is 1. The van der Waals surface area contributed by atoms with Gasteiger partial charge in [-0.2, -0.15) is 0 Å². The van der Waals surface area contributed by atoms with Crippen molar-refractivity contribution in [2.75, 3.05) is 10.6 Å². The number of hydrogen-bond donors (Lipinski definition) is 3. The highest BCUT2D eigenvalue weighted by Crippen LogP contribution is 2.28. The number of carbonyl (C=O) groups is 2. The Bertz CT molecular complexity index is 1360. The lowest BCUT2D eigenvalue weighted by Crippen LogP contribution is -2.39. The van der Waals surface area contributed by atoms with Crippen LogP contribution in [0.4, 0.5) is 10.3 Å². The molecule has 0 bridgehead atoms. The molecule has 1 unspecified atom stereocenters. The topological polar surface area (TPSA) is 130 Å². The molecule has 0 saturated heterocycles. The van der Waals surface area contributed by atoms with Gasteiger partial charge in [0, 0.05) is 12.8 Å². The number of anilines is 2. The molecule has 3 N–H and O–H groups in total. The normalized spacial score (nSPS) is 13.4. The summed E-state index contributed by atoms with van der Waals surface area (Å²) >= 11 is 2.70. The van der Waals surface area contributed by atoms with Crippen molar-refractivity contribution in [3.05, 3.63) is 81.8 Å². The Morgan fingerprint density at radius 1 is 0.821 bits per heavy atom. The van der Waals surface area contributed by atoms with E-state index in [1.165, 1.54) is 22.7 Å². The Morgan fingerprint density at radius 2 is 1.36 bits per heavy atom. The first-order valence-corrected chi connectivity index (χ1v) is 14.7. The minimum absolute atomic E-state index is 0.0771. The minimum atomic E-state index is -1.63. The second-order valence-corrected chi connectivity index (χ2v) is 11.2. The van der Waals surface area contributed by atoms with E-state index in [1.54, 1.807) is 31.2 Å². The molecule has 0 aliphatic rings. The van der Waals surface area contributed by atoms with E-state index in [9.17, 15) is 14.7 Å². The van der Waals surface area contributed by atoms with Gasteiger partial charge >= 0.3 is 0 Å². The fraction of sp³-hybridized carbons (Fsp3) is 0.357. The summed E-state index contributed by atoms with van der Waals surface area (Å²) in [6, 6.07) is 18.6. The molecular formula is C28H32N6O3S2. The molecule has 2 heterocycles. The predicted octanol–water partition coefficient (Wildman–Crippen LogP) is 5.32. The Morgan fingerprint density at radius 3 is 1.90 bits per heavy atom. The Hall–Kier alpha value is -3.54. The van der Waals surface area contributed by atoms with Gasteiger partial charge in [0.05, 0.1) is 5.92 Å². The molecule has 2 aromatic carbocycles. The molecule has 0 saturated carbocycles. The van der Waals surface area contributed by atoms with Crippen molar-refractivity contribution in [1.29, 1.82) is 0 Å². The number of amides is 2. The van der Waals surface area contributed by atoms with Crippen LogP contribution in [0.25, 0.3) is 0 Å². The van der Waals surface area contributed by atoms with Gasteiger partial charge in [0.25, 0.3) is 5.91 Å². The smallest absolute Gasteiger partial charge is 0.262 e. The van der Waals surface area contributed by atoms with E-state index >= 15 is 0 Å². The largest absolute Gasteiger partial charge is 0.375 e. The first-order chi connectivity index (χ1) is 18.9. The van der Waals surface area contributed by atoms with Crippen LogP contribution in [-0.4, -0.2) is 37.3 Å². The number of benzene rings is 2. The molecule has 39 heavy (non-hydrogen) atoms. The number of aromatic nitrogens is 4. The van der Waals surface area contributed by atoms with E-state index in [4.69, 9.17) is 0 Å². The number of carbonyl (C=O) groups excluding carboxylic acids is 2. The number of aliphatic hydroxyl groups is 1. The molecule has 4 rings (SSSR count). The van der Waals surface area contributed by atoms with Gasteiger partial charge in [-0.05, 0) is 36.8 Å². The van der Waals surface area contributed by atoms with Gasteiger partial charge < -0.3 is 5.11 Å². The van der Waals surface area contributed by atoms with E-state index in [0.29, 0.717) is 28.7 Å². The summed E-state index contributed by atoms with van der Waals surface area (Å²) in [5, 5.41) is 35.7. The highest BCUT2D eigenvalue weighted by molar-refractivity contribution is 7.15. The molecule has 11 heteroatoms. The lowest BCUT2D eigenvalue weighted by atomic mass is 9.90. The van der Waals surface area contributed by atoms with E-state index < -0.39 is 11.5 Å². The molecule has 204 valence electrons. The Labute approximate surface area is 235 Å². The summed E-state index contributed by atoms with van der Waals surface area (Å²) in [5.74, 6) is -0.826. The fourth-order valence-corrected chi connectivity index (χ4v) is 5.78. The molecule has 4 aromatic rings. The van der Waals surface area contributed by atoms with Gasteiger partial charge in [-0.1, -0.05) is 97.2 Å². The van der Waals surface area contributed by atoms with Gasteiger partial charge in [-0.15, -0.1) is 20.4 Å². The number of hydrogen-bond acceptors (Lipinski definition) is 9. The lowest BCUT2D eigenvalue weighted by Gasteiger charge is -2.25. The average Bonchev–Trinajstić information content (AvgIpc) is 3.61. The van der Waals surface area contributed by atoms with Crippen LogP contribution in [0.2, 0.25) is 0 Å². The van der Waals surface area contributed by atoms with Crippen molar-refractivity contribution in [1.82, 2.24) is 20.4 Å². The highest BCUT2D eigenvalue weighted by Gasteiger charge is 2.36. The SMILES string of the molecule is CCC(C(=O)Nc1nnc(CCCCc2nnc(NC(=O)[C@@](O)(CC)c3ccccc3)s2)s1)c1ccccc1. The first-order valence-electron chi connectivity index (χ1n) is 13.0. The molecule has 0 aliphatic heterocycles. The first kappa shape index (κ1) is 28.5. The third-order valence-electron chi connectivity index (χ3n) is 6.48. The number of nitrogens with one attached hydrogen (secondary N) is 2. The van der Waals surface area contributed by atoms with Crippen molar-refractivity contribution < 1.29 is 14.7 Å². The maximum Gasteiger partial charge on any atom is 0.262 e. The third kappa shape index (κ3) is 7.31. The van der Waals surface area contributed by atoms with Crippen LogP contribution in [0.3, 0.4) is 0 Å². The minimum Gasteiger partial charge on any atom is -0.375 e. The summed E-state index contributed by atoms with van der Waals surface area (Å²) < 4.78 is 0. The predicted molar refractivity (Wildman–Crippen MR) is 154 cm³/mol. The van der Waals surface area contributed by atoms with Crippen LogP contribution in [0.5, 0.6) is 0 Å². The van der Waals surface area contributed by atoms with Crippen molar-refractivity contribution in [2.45, 2.75) is 63.9 Å². The maximum atomic E-state index is 12.8. The molecule has 0 spiro atoms. The molecule has 0 radical (unpaired) electrons. The number of rotatable bonds is 13. The second kappa shape index (κ2) is 13.5. The zero-order valence-corrected chi connectivity index (χ0v) is 23.6. The standard InChI is InChI=1S/C28H32N6O3S2/c1-3-21(19-13-7-5-8-14-19)24(35)29-26-33-31-22(38-26)17-11-12-18-23-32-34-27(39-23)30-25(36)28(37,4-2)20-15-9-6-10-16-20/h5-10,13-16,21,37H,3-4,11-12,17-18H2,1-2H3,(H,29,33,35)(H,30,34,36)/t21?,28-/m1/s1. The van der Waals surface area contributed by atoms with Gasteiger partial charge in [-0.3, -0.25) is 20.2 Å².